The topological polar surface area (TPSA) is 42.2 Å². The van der Waals surface area contributed by atoms with E-state index >= 15 is 0 Å². The lowest BCUT2D eigenvalue weighted by Crippen LogP contribution is -2.10. The summed E-state index contributed by atoms with van der Waals surface area (Å²) in [5.41, 5.74) is 3.76. The van der Waals surface area contributed by atoms with Crippen molar-refractivity contribution in [3.05, 3.63) is 113 Å². The zero-order valence-electron chi connectivity index (χ0n) is 15.5. The van der Waals surface area contributed by atoms with Crippen LogP contribution in [0.5, 0.6) is 0 Å². The number of benzene rings is 3. The van der Waals surface area contributed by atoms with Crippen LogP contribution in [0, 0.1) is 0 Å². The van der Waals surface area contributed by atoms with Crippen molar-refractivity contribution >= 4 is 35.3 Å². The van der Waals surface area contributed by atoms with Gasteiger partial charge in [0, 0.05) is 16.3 Å². The fourth-order valence-corrected chi connectivity index (χ4v) is 2.98. The number of nitrogens with one attached hydrogen (secondary N) is 1. The molecule has 0 bridgehead atoms. The van der Waals surface area contributed by atoms with Crippen LogP contribution in [0.25, 0.3) is 23.5 Å². The number of amides is 1. The molecule has 4 heteroatoms. The molecule has 0 radical (unpaired) electrons. The van der Waals surface area contributed by atoms with E-state index in [9.17, 15) is 4.79 Å². The molecule has 1 heterocycles. The van der Waals surface area contributed by atoms with Crippen molar-refractivity contribution in [2.75, 3.05) is 5.32 Å². The largest absolute Gasteiger partial charge is 0.451 e. The van der Waals surface area contributed by atoms with E-state index in [1.165, 1.54) is 0 Å². The normalized spacial score (nSPS) is 10.9. The van der Waals surface area contributed by atoms with E-state index in [-0.39, 0.29) is 11.7 Å². The van der Waals surface area contributed by atoms with Crippen LogP contribution in [0.2, 0.25) is 5.02 Å². The van der Waals surface area contributed by atoms with Gasteiger partial charge in [0.25, 0.3) is 5.91 Å². The van der Waals surface area contributed by atoms with Crippen LogP contribution < -0.4 is 5.32 Å². The smallest absolute Gasteiger partial charge is 0.291 e. The Kier molecular flexibility index (Phi) is 5.59. The van der Waals surface area contributed by atoms with Gasteiger partial charge in [0.2, 0.25) is 0 Å². The predicted octanol–water partition coefficient (Wildman–Crippen LogP) is 7.02. The number of rotatable bonds is 5. The average Bonchev–Trinajstić information content (AvgIpc) is 3.25. The third kappa shape index (κ3) is 4.84. The minimum Gasteiger partial charge on any atom is -0.451 e. The highest BCUT2D eigenvalue weighted by Crippen LogP contribution is 2.24. The summed E-state index contributed by atoms with van der Waals surface area (Å²) in [6, 6.07) is 28.5. The van der Waals surface area contributed by atoms with Gasteiger partial charge < -0.3 is 9.73 Å². The SMILES string of the molecule is O=C(Nc1ccc(C=Cc2ccccc2)cc1)c1ccc(-c2ccc(Cl)cc2)o1. The fourth-order valence-electron chi connectivity index (χ4n) is 2.86. The Morgan fingerprint density at radius 2 is 1.41 bits per heavy atom. The third-order valence-electron chi connectivity index (χ3n) is 4.39. The standard InChI is InChI=1S/C25H18ClNO2/c26-21-12-10-20(11-13-21)23-16-17-24(29-23)25(28)27-22-14-8-19(9-15-22)7-6-18-4-2-1-3-5-18/h1-17H,(H,27,28). The van der Waals surface area contributed by atoms with E-state index in [4.69, 9.17) is 16.0 Å². The highest BCUT2D eigenvalue weighted by Gasteiger charge is 2.12. The number of hydrogen-bond donors (Lipinski definition) is 1. The van der Waals surface area contributed by atoms with Gasteiger partial charge in [0.15, 0.2) is 5.76 Å². The van der Waals surface area contributed by atoms with Gasteiger partial charge in [0.05, 0.1) is 0 Å². The first kappa shape index (κ1) is 18.8. The highest BCUT2D eigenvalue weighted by atomic mass is 35.5. The Hall–Kier alpha value is -3.56. The first-order valence-electron chi connectivity index (χ1n) is 9.18. The molecule has 0 fully saturated rings. The van der Waals surface area contributed by atoms with Crippen molar-refractivity contribution in [2.24, 2.45) is 0 Å². The third-order valence-corrected chi connectivity index (χ3v) is 4.65. The summed E-state index contributed by atoms with van der Waals surface area (Å²) < 4.78 is 5.69. The minimum atomic E-state index is -0.294. The van der Waals surface area contributed by atoms with Crippen LogP contribution in [-0.4, -0.2) is 5.91 Å². The van der Waals surface area contributed by atoms with Crippen molar-refractivity contribution in [3.8, 4) is 11.3 Å². The number of furan rings is 1. The van der Waals surface area contributed by atoms with Crippen LogP contribution in [0.4, 0.5) is 5.69 Å². The quantitative estimate of drug-likeness (QED) is 0.366. The molecule has 0 saturated heterocycles. The predicted molar refractivity (Wildman–Crippen MR) is 119 cm³/mol. The van der Waals surface area contributed by atoms with Crippen molar-refractivity contribution in [2.45, 2.75) is 0 Å². The van der Waals surface area contributed by atoms with Gasteiger partial charge in [-0.2, -0.15) is 0 Å². The van der Waals surface area contributed by atoms with E-state index in [1.54, 1.807) is 24.3 Å². The van der Waals surface area contributed by atoms with Crippen LogP contribution in [-0.2, 0) is 0 Å². The molecule has 0 aliphatic carbocycles. The van der Waals surface area contributed by atoms with Crippen LogP contribution in [0.1, 0.15) is 21.7 Å². The fraction of sp³-hybridized carbons (Fsp3) is 0. The Bertz CT molecular complexity index is 1130. The molecule has 3 nitrogen and oxygen atoms in total. The Labute approximate surface area is 174 Å². The number of anilines is 1. The average molecular weight is 400 g/mol. The zero-order chi connectivity index (χ0) is 20.1. The lowest BCUT2D eigenvalue weighted by atomic mass is 10.1. The van der Waals surface area contributed by atoms with Gasteiger partial charge in [-0.05, 0) is 59.7 Å². The lowest BCUT2D eigenvalue weighted by molar-refractivity contribution is 0.0997. The molecular formula is C25H18ClNO2. The number of carbonyl (C=O) groups excluding carboxylic acids is 1. The zero-order valence-corrected chi connectivity index (χ0v) is 16.3. The van der Waals surface area contributed by atoms with Crippen molar-refractivity contribution in [1.29, 1.82) is 0 Å². The maximum absolute atomic E-state index is 12.5. The van der Waals surface area contributed by atoms with E-state index in [0.29, 0.717) is 16.5 Å². The molecular weight excluding hydrogens is 382 g/mol. The van der Waals surface area contributed by atoms with Crippen molar-refractivity contribution < 1.29 is 9.21 Å². The summed E-state index contributed by atoms with van der Waals surface area (Å²) in [7, 11) is 0. The molecule has 29 heavy (non-hydrogen) atoms. The van der Waals surface area contributed by atoms with Crippen LogP contribution in [0.15, 0.2) is 95.4 Å². The lowest BCUT2D eigenvalue weighted by Gasteiger charge is -2.04. The van der Waals surface area contributed by atoms with Gasteiger partial charge in [-0.15, -0.1) is 0 Å². The maximum atomic E-state index is 12.5. The molecule has 3 aromatic carbocycles. The van der Waals surface area contributed by atoms with Gasteiger partial charge in [-0.1, -0.05) is 66.2 Å². The molecule has 0 aliphatic heterocycles. The number of carbonyl (C=O) groups is 1. The van der Waals surface area contributed by atoms with E-state index in [1.807, 2.05) is 72.8 Å². The first-order chi connectivity index (χ1) is 14.2. The molecule has 0 spiro atoms. The summed E-state index contributed by atoms with van der Waals surface area (Å²) in [5, 5.41) is 3.51. The number of hydrogen-bond acceptors (Lipinski definition) is 2. The second-order valence-corrected chi connectivity index (χ2v) is 6.93. The second-order valence-electron chi connectivity index (χ2n) is 6.49. The van der Waals surface area contributed by atoms with Gasteiger partial charge in [-0.25, -0.2) is 0 Å². The molecule has 0 saturated carbocycles. The molecule has 142 valence electrons. The van der Waals surface area contributed by atoms with Gasteiger partial charge in [-0.3, -0.25) is 4.79 Å². The van der Waals surface area contributed by atoms with Crippen LogP contribution >= 0.6 is 11.6 Å². The molecule has 1 N–H and O–H groups in total. The summed E-state index contributed by atoms with van der Waals surface area (Å²) in [6.45, 7) is 0. The molecule has 0 aliphatic rings. The van der Waals surface area contributed by atoms with E-state index < -0.39 is 0 Å². The van der Waals surface area contributed by atoms with Crippen molar-refractivity contribution in [1.82, 2.24) is 0 Å². The monoisotopic (exact) mass is 399 g/mol. The van der Waals surface area contributed by atoms with E-state index in [0.717, 1.165) is 16.7 Å². The van der Waals surface area contributed by atoms with Crippen molar-refractivity contribution in [3.63, 3.8) is 0 Å². The maximum Gasteiger partial charge on any atom is 0.291 e. The van der Waals surface area contributed by atoms with Crippen LogP contribution in [0.3, 0.4) is 0 Å². The molecule has 1 amide bonds. The minimum absolute atomic E-state index is 0.253. The molecule has 1 aromatic heterocycles. The number of halogens is 1. The Morgan fingerprint density at radius 3 is 2.10 bits per heavy atom. The van der Waals surface area contributed by atoms with Gasteiger partial charge >= 0.3 is 0 Å². The summed E-state index contributed by atoms with van der Waals surface area (Å²) in [5.74, 6) is 0.578. The molecule has 4 aromatic rings. The second kappa shape index (κ2) is 8.63. The summed E-state index contributed by atoms with van der Waals surface area (Å²) in [6.07, 6.45) is 4.08. The summed E-state index contributed by atoms with van der Waals surface area (Å²) in [4.78, 5) is 12.5. The van der Waals surface area contributed by atoms with E-state index in [2.05, 4.69) is 11.4 Å². The Morgan fingerprint density at radius 1 is 0.759 bits per heavy atom. The highest BCUT2D eigenvalue weighted by molar-refractivity contribution is 6.30. The first-order valence-corrected chi connectivity index (χ1v) is 9.55. The molecule has 4 rings (SSSR count). The Balaban J connectivity index is 1.41. The molecule has 0 atom stereocenters. The van der Waals surface area contributed by atoms with Gasteiger partial charge in [0.1, 0.15) is 5.76 Å². The molecule has 0 unspecified atom stereocenters. The summed E-state index contributed by atoms with van der Waals surface area (Å²) >= 11 is 5.91.